The number of aromatic nitrogens is 2. The summed E-state index contributed by atoms with van der Waals surface area (Å²) >= 11 is 0. The summed E-state index contributed by atoms with van der Waals surface area (Å²) in [6, 6.07) is 3.13. The first-order chi connectivity index (χ1) is 19.2. The van der Waals surface area contributed by atoms with Crippen molar-refractivity contribution in [3.8, 4) is 11.1 Å². The number of carboxylic acid groups (broad SMARTS) is 1. The lowest BCUT2D eigenvalue weighted by molar-refractivity contribution is 0.00789. The second-order valence-corrected chi connectivity index (χ2v) is 12.6. The normalized spacial score (nSPS) is 12.1. The zero-order valence-corrected chi connectivity index (χ0v) is 25.4. The molecule has 2 aromatic heterocycles. The zero-order valence-electron chi connectivity index (χ0n) is 25.4. The Hall–Kier alpha value is -4.48. The smallest absolute Gasteiger partial charge is 0.420 e. The van der Waals surface area contributed by atoms with E-state index in [2.05, 4.69) is 15.3 Å². The fourth-order valence-corrected chi connectivity index (χ4v) is 4.47. The number of nitrogens with two attached hydrogens (primary N) is 1. The summed E-state index contributed by atoms with van der Waals surface area (Å²) in [4.78, 5) is 46.6. The molecule has 0 saturated carbocycles. The number of ether oxygens (including phenoxy) is 2. The number of anilines is 2. The highest BCUT2D eigenvalue weighted by Crippen LogP contribution is 2.38. The number of imide groups is 1. The molecule has 0 unspecified atom stereocenters. The van der Waals surface area contributed by atoms with Crippen molar-refractivity contribution in [3.05, 3.63) is 47.7 Å². The number of nitrogen functional groups attached to an aromatic ring is 1. The molecule has 0 aliphatic rings. The van der Waals surface area contributed by atoms with E-state index in [4.69, 9.17) is 15.2 Å². The van der Waals surface area contributed by atoms with Crippen LogP contribution in [0.15, 0.2) is 30.7 Å². The number of nitrogens with zero attached hydrogens (tertiary/aromatic N) is 3. The van der Waals surface area contributed by atoms with Gasteiger partial charge in [-0.1, -0.05) is 0 Å². The van der Waals surface area contributed by atoms with Crippen LogP contribution in [-0.2, 0) is 15.9 Å². The lowest BCUT2D eigenvalue weighted by atomic mass is 9.89. The topological polar surface area (TPSA) is 157 Å². The van der Waals surface area contributed by atoms with Crippen LogP contribution < -0.4 is 11.1 Å². The second kappa shape index (κ2) is 11.4. The van der Waals surface area contributed by atoms with Crippen LogP contribution >= 0.6 is 0 Å². The highest BCUT2D eigenvalue weighted by molar-refractivity contribution is 6.03. The summed E-state index contributed by atoms with van der Waals surface area (Å²) in [5, 5.41) is 13.2. The Morgan fingerprint density at radius 2 is 1.60 bits per heavy atom. The molecule has 226 valence electrons. The molecule has 0 aliphatic heterocycles. The van der Waals surface area contributed by atoms with E-state index in [-0.39, 0.29) is 23.5 Å². The predicted octanol–water partition coefficient (Wildman–Crippen LogP) is 6.91. The second-order valence-electron chi connectivity index (χ2n) is 12.6. The zero-order chi connectivity index (χ0) is 31.8. The molecular weight excluding hydrogens is 545 g/mol. The van der Waals surface area contributed by atoms with E-state index in [0.29, 0.717) is 32.4 Å². The molecule has 3 aromatic rings. The maximum Gasteiger partial charge on any atom is 0.420 e. The number of halogens is 1. The van der Waals surface area contributed by atoms with Gasteiger partial charge in [0.15, 0.2) is 5.82 Å². The number of amides is 3. The Kier molecular flexibility index (Phi) is 8.71. The fourth-order valence-electron chi connectivity index (χ4n) is 4.47. The summed E-state index contributed by atoms with van der Waals surface area (Å²) in [6.07, 6.45) is 1.10. The molecule has 12 heteroatoms. The van der Waals surface area contributed by atoms with Crippen molar-refractivity contribution in [1.82, 2.24) is 14.9 Å². The molecule has 3 rings (SSSR count). The molecule has 0 radical (unpaired) electrons. The van der Waals surface area contributed by atoms with E-state index in [0.717, 1.165) is 0 Å². The van der Waals surface area contributed by atoms with Gasteiger partial charge in [0.25, 0.3) is 0 Å². The summed E-state index contributed by atoms with van der Waals surface area (Å²) in [5.41, 5.74) is 4.45. The van der Waals surface area contributed by atoms with Crippen LogP contribution in [0, 0.1) is 12.7 Å². The van der Waals surface area contributed by atoms with Crippen LogP contribution in [0.5, 0.6) is 0 Å². The SMILES string of the molecule is Cc1c(CC(C)(C)N(C(=O)O)C(=O)OC(C)(C)C)cncc1-c1cc2cc(N)ncc2c(NC(=O)OC(C)(C)C)c1F. The van der Waals surface area contributed by atoms with Crippen molar-refractivity contribution in [1.29, 1.82) is 0 Å². The monoisotopic (exact) mass is 583 g/mol. The summed E-state index contributed by atoms with van der Waals surface area (Å²) in [6.45, 7) is 14.9. The number of pyridine rings is 2. The first-order valence-electron chi connectivity index (χ1n) is 13.3. The van der Waals surface area contributed by atoms with Gasteiger partial charge in [0.2, 0.25) is 0 Å². The number of carbonyl (C=O) groups excluding carboxylic acids is 2. The van der Waals surface area contributed by atoms with Crippen LogP contribution in [0.3, 0.4) is 0 Å². The molecule has 42 heavy (non-hydrogen) atoms. The maximum atomic E-state index is 16.2. The Labute approximate surface area is 244 Å². The minimum atomic E-state index is -1.47. The van der Waals surface area contributed by atoms with Crippen LogP contribution in [0.2, 0.25) is 0 Å². The number of fused-ring (bicyclic) bond motifs is 1. The first-order valence-corrected chi connectivity index (χ1v) is 13.3. The number of benzene rings is 1. The summed E-state index contributed by atoms with van der Waals surface area (Å²) in [7, 11) is 0. The third kappa shape index (κ3) is 7.42. The first kappa shape index (κ1) is 32.0. The van der Waals surface area contributed by atoms with Gasteiger partial charge in [0, 0.05) is 35.1 Å². The molecule has 2 heterocycles. The number of carbonyl (C=O) groups is 3. The van der Waals surface area contributed by atoms with Crippen molar-refractivity contribution in [2.24, 2.45) is 0 Å². The minimum Gasteiger partial charge on any atom is -0.465 e. The Morgan fingerprint density at radius 1 is 0.976 bits per heavy atom. The molecule has 1 aromatic carbocycles. The quantitative estimate of drug-likeness (QED) is 0.290. The Bertz CT molecular complexity index is 1540. The third-order valence-electron chi connectivity index (χ3n) is 6.21. The van der Waals surface area contributed by atoms with Crippen LogP contribution in [0.4, 0.5) is 30.3 Å². The van der Waals surface area contributed by atoms with Crippen molar-refractivity contribution in [3.63, 3.8) is 0 Å². The van der Waals surface area contributed by atoms with Crippen molar-refractivity contribution in [2.45, 2.75) is 85.5 Å². The molecule has 0 bridgehead atoms. The maximum absolute atomic E-state index is 16.2. The highest BCUT2D eigenvalue weighted by Gasteiger charge is 2.39. The van der Waals surface area contributed by atoms with Gasteiger partial charge in [0.05, 0.1) is 11.2 Å². The lowest BCUT2D eigenvalue weighted by Crippen LogP contribution is -2.53. The van der Waals surface area contributed by atoms with Crippen molar-refractivity contribution >= 4 is 40.6 Å². The Balaban J connectivity index is 2.12. The van der Waals surface area contributed by atoms with E-state index >= 15 is 4.39 Å². The van der Waals surface area contributed by atoms with Gasteiger partial charge < -0.3 is 20.3 Å². The predicted molar refractivity (Wildman–Crippen MR) is 158 cm³/mol. The number of hydrogen-bond donors (Lipinski definition) is 3. The average Bonchev–Trinajstić information content (AvgIpc) is 2.79. The molecule has 0 fully saturated rings. The van der Waals surface area contributed by atoms with Crippen molar-refractivity contribution in [2.75, 3.05) is 11.1 Å². The van der Waals surface area contributed by atoms with E-state index in [1.807, 2.05) is 0 Å². The molecule has 0 atom stereocenters. The Morgan fingerprint density at radius 3 is 2.17 bits per heavy atom. The largest absolute Gasteiger partial charge is 0.465 e. The molecule has 0 aliphatic carbocycles. The van der Waals surface area contributed by atoms with Crippen LogP contribution in [0.25, 0.3) is 21.9 Å². The highest BCUT2D eigenvalue weighted by atomic mass is 19.1. The summed E-state index contributed by atoms with van der Waals surface area (Å²) in [5.74, 6) is -0.549. The standard InChI is InChI=1S/C30H38FN5O6/c1-16-18(12-30(8,9)36(26(38)39)27(40)42-29(5,6)7)13-33-14-20(16)19-10-17-11-22(32)34-15-21(17)24(23(19)31)35-25(37)41-28(2,3)4/h10-11,13-15H,12H2,1-9H3,(H2,32,34)(H,35,37)(H,38,39). The van der Waals surface area contributed by atoms with Gasteiger partial charge in [0.1, 0.15) is 17.0 Å². The fraction of sp³-hybridized carbons (Fsp3) is 0.433. The molecule has 4 N–H and O–H groups in total. The van der Waals surface area contributed by atoms with E-state index in [1.165, 1.54) is 18.6 Å². The molecular formula is C30H38FN5O6. The van der Waals surface area contributed by atoms with Crippen LogP contribution in [-0.4, -0.2) is 55.0 Å². The van der Waals surface area contributed by atoms with Crippen molar-refractivity contribution < 1.29 is 33.4 Å². The molecule has 0 spiro atoms. The number of nitrogens with one attached hydrogen (secondary N) is 1. The van der Waals surface area contributed by atoms with Gasteiger partial charge in [-0.05, 0) is 97.4 Å². The number of hydrogen-bond acceptors (Lipinski definition) is 8. The van der Waals surface area contributed by atoms with Gasteiger partial charge in [-0.3, -0.25) is 10.3 Å². The molecule has 0 saturated heterocycles. The molecule has 3 amide bonds. The third-order valence-corrected chi connectivity index (χ3v) is 6.21. The molecule has 11 nitrogen and oxygen atoms in total. The van der Waals surface area contributed by atoms with Gasteiger partial charge in [-0.15, -0.1) is 0 Å². The summed E-state index contributed by atoms with van der Waals surface area (Å²) < 4.78 is 26.9. The van der Waals surface area contributed by atoms with E-state index in [9.17, 15) is 19.5 Å². The average molecular weight is 584 g/mol. The van der Waals surface area contributed by atoms with E-state index in [1.54, 1.807) is 74.4 Å². The van der Waals surface area contributed by atoms with Gasteiger partial charge in [-0.25, -0.2) is 28.7 Å². The van der Waals surface area contributed by atoms with E-state index < -0.39 is 40.8 Å². The minimum absolute atomic E-state index is 0.0559. The van der Waals surface area contributed by atoms with Gasteiger partial charge >= 0.3 is 18.3 Å². The number of rotatable bonds is 5. The lowest BCUT2D eigenvalue weighted by Gasteiger charge is -2.36. The van der Waals surface area contributed by atoms with Crippen LogP contribution in [0.1, 0.15) is 66.5 Å². The van der Waals surface area contributed by atoms with Gasteiger partial charge in [-0.2, -0.15) is 0 Å².